The topological polar surface area (TPSA) is 72.2 Å². The Morgan fingerprint density at radius 3 is 2.67 bits per heavy atom. The Morgan fingerprint density at radius 1 is 1.44 bits per heavy atom. The summed E-state index contributed by atoms with van der Waals surface area (Å²) in [6.45, 7) is 3.69. The van der Waals surface area contributed by atoms with E-state index in [1.165, 1.54) is 0 Å². The summed E-state index contributed by atoms with van der Waals surface area (Å²) in [5, 5.41) is 0. The molecule has 0 amide bonds. The number of nitrogens with two attached hydrogens (primary N) is 1. The molecule has 4 nitrogen and oxygen atoms in total. The van der Waals surface area contributed by atoms with Gasteiger partial charge in [0.2, 0.25) is 10.0 Å². The van der Waals surface area contributed by atoms with Crippen molar-refractivity contribution in [3.8, 4) is 0 Å². The number of hydrogen-bond acceptors (Lipinski definition) is 4. The molecule has 1 atom stereocenters. The third-order valence-electron chi connectivity index (χ3n) is 2.80. The number of nitrogens with one attached hydrogen (secondary N) is 1. The number of benzene rings is 1. The van der Waals surface area contributed by atoms with Gasteiger partial charge in [0.25, 0.3) is 0 Å². The zero-order valence-corrected chi connectivity index (χ0v) is 12.6. The molecule has 0 aromatic heterocycles. The van der Waals surface area contributed by atoms with Crippen LogP contribution in [0.3, 0.4) is 0 Å². The number of rotatable bonds is 6. The summed E-state index contributed by atoms with van der Waals surface area (Å²) < 4.78 is 27.3. The molecule has 0 aliphatic carbocycles. The van der Waals surface area contributed by atoms with Crippen LogP contribution in [0.5, 0.6) is 0 Å². The summed E-state index contributed by atoms with van der Waals surface area (Å²) in [7, 11) is -3.49. The van der Waals surface area contributed by atoms with Gasteiger partial charge >= 0.3 is 0 Å². The zero-order chi connectivity index (χ0) is 13.8. The second-order valence-corrected chi connectivity index (χ2v) is 6.75. The van der Waals surface area contributed by atoms with E-state index in [0.29, 0.717) is 11.3 Å². The van der Waals surface area contributed by atoms with E-state index in [0.717, 1.165) is 12.2 Å². The van der Waals surface area contributed by atoms with Gasteiger partial charge in [0.15, 0.2) is 0 Å². The molecule has 0 aliphatic heterocycles. The fraction of sp³-hybridized carbons (Fsp3) is 0.500. The van der Waals surface area contributed by atoms with Gasteiger partial charge in [-0.05, 0) is 37.3 Å². The largest absolute Gasteiger partial charge is 0.398 e. The molecule has 18 heavy (non-hydrogen) atoms. The van der Waals surface area contributed by atoms with Gasteiger partial charge in [0, 0.05) is 17.5 Å². The maximum atomic E-state index is 12.3. The molecule has 0 saturated heterocycles. The van der Waals surface area contributed by atoms with E-state index in [4.69, 9.17) is 5.73 Å². The first-order valence-electron chi connectivity index (χ1n) is 5.78. The van der Waals surface area contributed by atoms with E-state index in [9.17, 15) is 8.42 Å². The molecule has 0 aliphatic rings. The van der Waals surface area contributed by atoms with Crippen molar-refractivity contribution in [2.45, 2.75) is 31.2 Å². The van der Waals surface area contributed by atoms with Gasteiger partial charge in [-0.25, -0.2) is 13.1 Å². The average molecular weight is 288 g/mol. The highest BCUT2D eigenvalue weighted by Gasteiger charge is 2.21. The lowest BCUT2D eigenvalue weighted by molar-refractivity contribution is 0.557. The standard InChI is InChI=1S/C12H20N2O2S2/c1-4-10(8-17-3)14-18(15,16)12-7-5-6-11(13)9(12)2/h5-7,10,14H,4,8,13H2,1-3H3. The minimum Gasteiger partial charge on any atom is -0.398 e. The molecule has 0 heterocycles. The highest BCUT2D eigenvalue weighted by atomic mass is 32.2. The molecule has 1 aromatic rings. The molecule has 1 aromatic carbocycles. The van der Waals surface area contributed by atoms with E-state index in [-0.39, 0.29) is 10.9 Å². The smallest absolute Gasteiger partial charge is 0.241 e. The van der Waals surface area contributed by atoms with Crippen molar-refractivity contribution in [2.24, 2.45) is 0 Å². The summed E-state index contributed by atoms with van der Waals surface area (Å²) in [5.41, 5.74) is 6.84. The van der Waals surface area contributed by atoms with Crippen molar-refractivity contribution in [1.82, 2.24) is 4.72 Å². The van der Waals surface area contributed by atoms with Gasteiger partial charge in [-0.15, -0.1) is 0 Å². The lowest BCUT2D eigenvalue weighted by Crippen LogP contribution is -2.36. The minimum atomic E-state index is -3.49. The molecule has 6 heteroatoms. The molecule has 1 unspecified atom stereocenters. The number of nitrogen functional groups attached to an aromatic ring is 1. The van der Waals surface area contributed by atoms with Crippen LogP contribution in [0.1, 0.15) is 18.9 Å². The second-order valence-electron chi connectivity index (χ2n) is 4.15. The van der Waals surface area contributed by atoms with Crippen molar-refractivity contribution < 1.29 is 8.42 Å². The van der Waals surface area contributed by atoms with Gasteiger partial charge in [0.05, 0.1) is 4.90 Å². The molecule has 0 spiro atoms. The first-order valence-corrected chi connectivity index (χ1v) is 8.66. The van der Waals surface area contributed by atoms with Gasteiger partial charge in [-0.2, -0.15) is 11.8 Å². The molecule has 1 rings (SSSR count). The van der Waals surface area contributed by atoms with Crippen molar-refractivity contribution >= 4 is 27.5 Å². The van der Waals surface area contributed by atoms with Gasteiger partial charge in [0.1, 0.15) is 0 Å². The Bertz CT molecular complexity index is 501. The Balaban J connectivity index is 3.03. The monoisotopic (exact) mass is 288 g/mol. The fourth-order valence-corrected chi connectivity index (χ4v) is 4.06. The van der Waals surface area contributed by atoms with E-state index in [1.807, 2.05) is 13.2 Å². The first kappa shape index (κ1) is 15.3. The normalized spacial score (nSPS) is 13.5. The van der Waals surface area contributed by atoms with Crippen LogP contribution in [0.2, 0.25) is 0 Å². The van der Waals surface area contributed by atoms with Crippen LogP contribution < -0.4 is 10.5 Å². The third-order valence-corrected chi connectivity index (χ3v) is 5.20. The van der Waals surface area contributed by atoms with Crippen LogP contribution in [-0.2, 0) is 10.0 Å². The molecule has 102 valence electrons. The molecule has 0 radical (unpaired) electrons. The van der Waals surface area contributed by atoms with E-state index >= 15 is 0 Å². The van der Waals surface area contributed by atoms with Gasteiger partial charge in [-0.3, -0.25) is 0 Å². The van der Waals surface area contributed by atoms with Crippen LogP contribution >= 0.6 is 11.8 Å². The SMILES string of the molecule is CCC(CSC)NS(=O)(=O)c1cccc(N)c1C. The first-order chi connectivity index (χ1) is 8.42. The number of thioether (sulfide) groups is 1. The van der Waals surface area contributed by atoms with E-state index in [2.05, 4.69) is 4.72 Å². The summed E-state index contributed by atoms with van der Waals surface area (Å²) in [6, 6.07) is 4.89. The maximum absolute atomic E-state index is 12.3. The van der Waals surface area contributed by atoms with Crippen LogP contribution in [0.15, 0.2) is 23.1 Å². The Kier molecular flexibility index (Phi) is 5.49. The predicted molar refractivity (Wildman–Crippen MR) is 78.4 cm³/mol. The summed E-state index contributed by atoms with van der Waals surface area (Å²) >= 11 is 1.63. The van der Waals surface area contributed by atoms with Crippen LogP contribution in [0.4, 0.5) is 5.69 Å². The van der Waals surface area contributed by atoms with Crippen molar-refractivity contribution in [2.75, 3.05) is 17.7 Å². The minimum absolute atomic E-state index is 0.0502. The van der Waals surface area contributed by atoms with Crippen molar-refractivity contribution in [3.05, 3.63) is 23.8 Å². The molecule has 3 N–H and O–H groups in total. The van der Waals surface area contributed by atoms with Gasteiger partial charge in [-0.1, -0.05) is 13.0 Å². The Morgan fingerprint density at radius 2 is 2.11 bits per heavy atom. The number of sulfonamides is 1. The predicted octanol–water partition coefficient (Wildman–Crippen LogP) is 2.00. The highest BCUT2D eigenvalue weighted by Crippen LogP contribution is 2.21. The second kappa shape index (κ2) is 6.45. The van der Waals surface area contributed by atoms with Crippen LogP contribution in [0, 0.1) is 6.92 Å². The molecular weight excluding hydrogens is 268 g/mol. The Hall–Kier alpha value is -0.720. The van der Waals surface area contributed by atoms with E-state index in [1.54, 1.807) is 36.9 Å². The summed E-state index contributed by atoms with van der Waals surface area (Å²) in [6.07, 6.45) is 2.73. The molecular formula is C12H20N2O2S2. The van der Waals surface area contributed by atoms with Gasteiger partial charge < -0.3 is 5.73 Å². The fourth-order valence-electron chi connectivity index (χ4n) is 1.64. The van der Waals surface area contributed by atoms with Crippen LogP contribution in [-0.4, -0.2) is 26.5 Å². The third kappa shape index (κ3) is 3.63. The molecule has 0 fully saturated rings. The Labute approximate surface area is 113 Å². The number of hydrogen-bond donors (Lipinski definition) is 2. The lowest BCUT2D eigenvalue weighted by atomic mass is 10.2. The maximum Gasteiger partial charge on any atom is 0.241 e. The van der Waals surface area contributed by atoms with E-state index < -0.39 is 10.0 Å². The van der Waals surface area contributed by atoms with Crippen molar-refractivity contribution in [3.63, 3.8) is 0 Å². The summed E-state index contributed by atoms with van der Waals surface area (Å²) in [5.74, 6) is 0.761. The average Bonchev–Trinajstić information content (AvgIpc) is 2.31. The summed E-state index contributed by atoms with van der Waals surface area (Å²) in [4.78, 5) is 0.266. The quantitative estimate of drug-likeness (QED) is 0.785. The zero-order valence-electron chi connectivity index (χ0n) is 10.9. The lowest BCUT2D eigenvalue weighted by Gasteiger charge is -2.17. The molecule has 0 saturated carbocycles. The van der Waals surface area contributed by atoms with Crippen LogP contribution in [0.25, 0.3) is 0 Å². The van der Waals surface area contributed by atoms with Crippen molar-refractivity contribution in [1.29, 1.82) is 0 Å². The number of anilines is 1. The molecule has 0 bridgehead atoms. The highest BCUT2D eigenvalue weighted by molar-refractivity contribution is 7.98.